The van der Waals surface area contributed by atoms with E-state index in [2.05, 4.69) is 17.4 Å². The van der Waals surface area contributed by atoms with Gasteiger partial charge in [-0.1, -0.05) is 38.1 Å². The maximum atomic E-state index is 12.0. The first-order chi connectivity index (χ1) is 10.4. The normalized spacial score (nSPS) is 17.5. The lowest BCUT2D eigenvalue weighted by atomic mass is 9.97. The number of amides is 1. The van der Waals surface area contributed by atoms with Crippen molar-refractivity contribution in [3.05, 3.63) is 35.4 Å². The van der Waals surface area contributed by atoms with E-state index in [9.17, 15) is 13.2 Å². The minimum Gasteiger partial charge on any atom is -0.355 e. The third kappa shape index (κ3) is 4.83. The molecule has 1 aliphatic carbocycles. The smallest absolute Gasteiger partial charge is 0.220 e. The second kappa shape index (κ2) is 7.27. The van der Waals surface area contributed by atoms with Crippen molar-refractivity contribution in [2.45, 2.75) is 39.0 Å². The summed E-state index contributed by atoms with van der Waals surface area (Å²) in [5.74, 6) is 0.539. The highest BCUT2D eigenvalue weighted by molar-refractivity contribution is 7.91. The maximum Gasteiger partial charge on any atom is 0.220 e. The Labute approximate surface area is 133 Å². The Morgan fingerprint density at radius 1 is 1.32 bits per heavy atom. The molecule has 0 aliphatic heterocycles. The van der Waals surface area contributed by atoms with Crippen LogP contribution in [0.4, 0.5) is 0 Å². The fraction of sp³-hybridized carbons (Fsp3) is 0.588. The molecule has 2 rings (SSSR count). The van der Waals surface area contributed by atoms with Crippen molar-refractivity contribution in [2.75, 3.05) is 18.1 Å². The van der Waals surface area contributed by atoms with Crippen LogP contribution in [-0.4, -0.2) is 32.4 Å². The number of hydrogen-bond donors (Lipinski definition) is 1. The summed E-state index contributed by atoms with van der Waals surface area (Å²) in [4.78, 5) is 12.0. The molecule has 0 fully saturated rings. The number of nitrogens with one attached hydrogen (secondary N) is 1. The van der Waals surface area contributed by atoms with Gasteiger partial charge in [0, 0.05) is 13.0 Å². The van der Waals surface area contributed by atoms with Crippen LogP contribution >= 0.6 is 0 Å². The van der Waals surface area contributed by atoms with Crippen molar-refractivity contribution < 1.29 is 13.2 Å². The molecule has 1 aromatic carbocycles. The van der Waals surface area contributed by atoms with Gasteiger partial charge in [0.15, 0.2) is 9.84 Å². The molecule has 0 aromatic heterocycles. The monoisotopic (exact) mass is 323 g/mol. The fourth-order valence-electron chi connectivity index (χ4n) is 3.09. The molecule has 4 nitrogen and oxygen atoms in total. The van der Waals surface area contributed by atoms with Gasteiger partial charge in [-0.05, 0) is 35.8 Å². The van der Waals surface area contributed by atoms with E-state index in [1.165, 1.54) is 11.1 Å². The average molecular weight is 323 g/mol. The van der Waals surface area contributed by atoms with Gasteiger partial charge in [-0.25, -0.2) is 8.42 Å². The second-order valence-corrected chi connectivity index (χ2v) is 8.73. The van der Waals surface area contributed by atoms with E-state index in [4.69, 9.17) is 0 Å². The number of aryl methyl sites for hydroxylation is 1. The summed E-state index contributed by atoms with van der Waals surface area (Å²) < 4.78 is 23.6. The number of sulfone groups is 1. The molecule has 122 valence electrons. The van der Waals surface area contributed by atoms with E-state index < -0.39 is 9.84 Å². The Morgan fingerprint density at radius 2 is 2.05 bits per heavy atom. The largest absolute Gasteiger partial charge is 0.355 e. The minimum absolute atomic E-state index is 0.0260. The van der Waals surface area contributed by atoms with Crippen LogP contribution in [0.15, 0.2) is 24.3 Å². The summed E-state index contributed by atoms with van der Waals surface area (Å²) in [7, 11) is -3.07. The van der Waals surface area contributed by atoms with Crippen molar-refractivity contribution in [3.63, 3.8) is 0 Å². The predicted molar refractivity (Wildman–Crippen MR) is 88.6 cm³/mol. The predicted octanol–water partition coefficient (Wildman–Crippen LogP) is 2.29. The quantitative estimate of drug-likeness (QED) is 0.837. The van der Waals surface area contributed by atoms with Crippen molar-refractivity contribution in [1.82, 2.24) is 5.32 Å². The Bertz CT molecular complexity index is 623. The third-order valence-corrected chi connectivity index (χ3v) is 6.01. The third-order valence-electron chi connectivity index (χ3n) is 4.01. The molecule has 0 bridgehead atoms. The molecule has 0 saturated carbocycles. The molecule has 1 aromatic rings. The van der Waals surface area contributed by atoms with Gasteiger partial charge < -0.3 is 5.32 Å². The molecule has 0 saturated heterocycles. The SMILES string of the molecule is CC(C)CS(=O)(=O)CCNC(=O)C[C@H]1CCc2ccccc21. The molecule has 1 N–H and O–H groups in total. The van der Waals surface area contributed by atoms with Crippen LogP contribution < -0.4 is 5.32 Å². The van der Waals surface area contributed by atoms with E-state index in [-0.39, 0.29) is 35.8 Å². The molecular formula is C17H25NO3S. The first-order valence-corrected chi connectivity index (χ1v) is 9.74. The Morgan fingerprint density at radius 3 is 2.77 bits per heavy atom. The van der Waals surface area contributed by atoms with Gasteiger partial charge in [0.05, 0.1) is 11.5 Å². The summed E-state index contributed by atoms with van der Waals surface area (Å²) in [5.41, 5.74) is 2.60. The van der Waals surface area contributed by atoms with Gasteiger partial charge in [0.2, 0.25) is 5.91 Å². The highest BCUT2D eigenvalue weighted by Crippen LogP contribution is 2.34. The van der Waals surface area contributed by atoms with Gasteiger partial charge in [-0.2, -0.15) is 0 Å². The number of carbonyl (C=O) groups is 1. The molecular weight excluding hydrogens is 298 g/mol. The van der Waals surface area contributed by atoms with Crippen molar-refractivity contribution in [1.29, 1.82) is 0 Å². The summed E-state index contributed by atoms with van der Waals surface area (Å²) >= 11 is 0. The second-order valence-electron chi connectivity index (χ2n) is 6.50. The summed E-state index contributed by atoms with van der Waals surface area (Å²) in [6, 6.07) is 8.24. The van der Waals surface area contributed by atoms with Crippen LogP contribution in [0.25, 0.3) is 0 Å². The van der Waals surface area contributed by atoms with E-state index in [1.807, 2.05) is 26.0 Å². The minimum atomic E-state index is -3.07. The van der Waals surface area contributed by atoms with Crippen LogP contribution in [0.1, 0.15) is 43.7 Å². The summed E-state index contributed by atoms with van der Waals surface area (Å²) in [6.45, 7) is 3.98. The Hall–Kier alpha value is -1.36. The van der Waals surface area contributed by atoms with Gasteiger partial charge in [0.25, 0.3) is 0 Å². The van der Waals surface area contributed by atoms with Gasteiger partial charge in [-0.15, -0.1) is 0 Å². The van der Waals surface area contributed by atoms with Crippen LogP contribution in [0, 0.1) is 5.92 Å². The Balaban J connectivity index is 1.78. The van der Waals surface area contributed by atoms with Crippen LogP contribution in [0.2, 0.25) is 0 Å². The number of fused-ring (bicyclic) bond motifs is 1. The molecule has 1 atom stereocenters. The molecule has 22 heavy (non-hydrogen) atoms. The lowest BCUT2D eigenvalue weighted by Gasteiger charge is -2.12. The van der Waals surface area contributed by atoms with Crippen molar-refractivity contribution in [2.24, 2.45) is 5.92 Å². The zero-order valence-corrected chi connectivity index (χ0v) is 14.2. The number of carbonyl (C=O) groups excluding carboxylic acids is 1. The lowest BCUT2D eigenvalue weighted by Crippen LogP contribution is -2.31. The highest BCUT2D eigenvalue weighted by Gasteiger charge is 2.24. The average Bonchev–Trinajstić information content (AvgIpc) is 2.80. The topological polar surface area (TPSA) is 63.2 Å². The molecule has 5 heteroatoms. The van der Waals surface area contributed by atoms with Gasteiger partial charge in [0.1, 0.15) is 0 Å². The van der Waals surface area contributed by atoms with Crippen molar-refractivity contribution >= 4 is 15.7 Å². The van der Waals surface area contributed by atoms with E-state index in [1.54, 1.807) is 0 Å². The highest BCUT2D eigenvalue weighted by atomic mass is 32.2. The number of hydrogen-bond acceptors (Lipinski definition) is 3. The first kappa shape index (κ1) is 17.0. The van der Waals surface area contributed by atoms with E-state index in [0.29, 0.717) is 6.42 Å². The molecule has 1 amide bonds. The van der Waals surface area contributed by atoms with E-state index in [0.717, 1.165) is 12.8 Å². The fourth-order valence-corrected chi connectivity index (χ4v) is 4.69. The first-order valence-electron chi connectivity index (χ1n) is 7.92. The van der Waals surface area contributed by atoms with E-state index >= 15 is 0 Å². The number of benzene rings is 1. The molecule has 0 heterocycles. The van der Waals surface area contributed by atoms with Crippen LogP contribution in [0.3, 0.4) is 0 Å². The lowest BCUT2D eigenvalue weighted by molar-refractivity contribution is -0.121. The van der Waals surface area contributed by atoms with Crippen LogP contribution in [-0.2, 0) is 21.1 Å². The van der Waals surface area contributed by atoms with Gasteiger partial charge in [-0.3, -0.25) is 4.79 Å². The molecule has 0 radical (unpaired) electrons. The van der Waals surface area contributed by atoms with Crippen LogP contribution in [0.5, 0.6) is 0 Å². The molecule has 1 aliphatic rings. The summed E-state index contributed by atoms with van der Waals surface area (Å²) in [5, 5.41) is 2.75. The Kier molecular flexibility index (Phi) is 5.62. The molecule has 0 unspecified atom stereocenters. The maximum absolute atomic E-state index is 12.0. The van der Waals surface area contributed by atoms with Crippen molar-refractivity contribution in [3.8, 4) is 0 Å². The zero-order valence-electron chi connectivity index (χ0n) is 13.3. The standard InChI is InChI=1S/C17H25NO3S/c1-13(2)12-22(20,21)10-9-18-17(19)11-15-8-7-14-5-3-4-6-16(14)15/h3-6,13,15H,7-12H2,1-2H3,(H,18,19)/t15-/m1/s1. The molecule has 0 spiro atoms. The summed E-state index contributed by atoms with van der Waals surface area (Å²) in [6.07, 6.45) is 2.47. The number of rotatable bonds is 7. The van der Waals surface area contributed by atoms with Gasteiger partial charge >= 0.3 is 0 Å². The zero-order chi connectivity index (χ0) is 16.2.